The highest BCUT2D eigenvalue weighted by Crippen LogP contribution is 2.25. The van der Waals surface area contributed by atoms with Crippen LogP contribution in [-0.4, -0.2) is 29.5 Å². The number of thiazole rings is 1. The number of carbonyl (C=O) groups is 2. The van der Waals surface area contributed by atoms with Gasteiger partial charge in [-0.15, -0.1) is 11.3 Å². The maximum atomic E-state index is 11.8. The number of nitrogens with zero attached hydrogens (tertiary/aromatic N) is 1. The summed E-state index contributed by atoms with van der Waals surface area (Å²) in [4.78, 5) is 27.9. The molecule has 0 atom stereocenters. The van der Waals surface area contributed by atoms with Crippen LogP contribution in [0, 0.1) is 0 Å². The number of hydrogen-bond acceptors (Lipinski definition) is 6. The van der Waals surface area contributed by atoms with E-state index in [1.165, 1.54) is 11.3 Å². The van der Waals surface area contributed by atoms with E-state index in [1.807, 2.05) is 36.1 Å². The fourth-order valence-corrected chi connectivity index (χ4v) is 3.55. The fourth-order valence-electron chi connectivity index (χ4n) is 2.01. The summed E-state index contributed by atoms with van der Waals surface area (Å²) in [7, 11) is 0. The molecule has 1 N–H and O–H groups in total. The molecular formula is C16H20N2O3S2. The van der Waals surface area contributed by atoms with Crippen LogP contribution in [0.2, 0.25) is 0 Å². The molecule has 0 aromatic carbocycles. The Kier molecular flexibility index (Phi) is 6.73. The molecule has 2 rings (SSSR count). The van der Waals surface area contributed by atoms with Gasteiger partial charge in [0.1, 0.15) is 5.01 Å². The SMILES string of the molecule is CCC(CC)NC(=O)COC(=O)Cc1csc(-c2ccsc2)n1. The molecule has 0 radical (unpaired) electrons. The zero-order valence-corrected chi connectivity index (χ0v) is 14.8. The van der Waals surface area contributed by atoms with E-state index in [4.69, 9.17) is 4.74 Å². The van der Waals surface area contributed by atoms with Gasteiger partial charge < -0.3 is 10.1 Å². The molecule has 1 amide bonds. The maximum absolute atomic E-state index is 11.8. The minimum Gasteiger partial charge on any atom is -0.455 e. The van der Waals surface area contributed by atoms with Crippen LogP contribution in [0.5, 0.6) is 0 Å². The van der Waals surface area contributed by atoms with Crippen molar-refractivity contribution in [1.29, 1.82) is 0 Å². The quantitative estimate of drug-likeness (QED) is 0.741. The lowest BCUT2D eigenvalue weighted by Crippen LogP contribution is -2.37. The fraction of sp³-hybridized carbons (Fsp3) is 0.438. The standard InChI is InChI=1S/C16H20N2O3S2/c1-3-12(4-2)17-14(19)8-21-15(20)7-13-10-23-16(18-13)11-5-6-22-9-11/h5-6,9-10,12H,3-4,7-8H2,1-2H3,(H,17,19). The summed E-state index contributed by atoms with van der Waals surface area (Å²) in [5, 5.41) is 9.57. The Hall–Kier alpha value is -1.73. The topological polar surface area (TPSA) is 68.3 Å². The Morgan fingerprint density at radius 2 is 2.09 bits per heavy atom. The van der Waals surface area contributed by atoms with Crippen LogP contribution >= 0.6 is 22.7 Å². The van der Waals surface area contributed by atoms with Crippen molar-refractivity contribution in [2.24, 2.45) is 0 Å². The van der Waals surface area contributed by atoms with Crippen molar-refractivity contribution in [2.45, 2.75) is 39.2 Å². The number of carbonyl (C=O) groups excluding carboxylic acids is 2. The van der Waals surface area contributed by atoms with Crippen molar-refractivity contribution >= 4 is 34.6 Å². The second kappa shape index (κ2) is 8.79. The van der Waals surface area contributed by atoms with Crippen molar-refractivity contribution in [3.8, 4) is 10.6 Å². The molecule has 23 heavy (non-hydrogen) atoms. The molecule has 2 heterocycles. The van der Waals surface area contributed by atoms with Gasteiger partial charge in [0, 0.05) is 22.4 Å². The number of hydrogen-bond donors (Lipinski definition) is 1. The molecule has 0 saturated heterocycles. The van der Waals surface area contributed by atoms with Crippen molar-refractivity contribution in [3.63, 3.8) is 0 Å². The first-order chi connectivity index (χ1) is 11.1. The Bertz CT molecular complexity index is 634. The molecule has 0 unspecified atom stereocenters. The zero-order chi connectivity index (χ0) is 16.7. The average Bonchev–Trinajstić information content (AvgIpc) is 3.21. The van der Waals surface area contributed by atoms with Crippen LogP contribution in [0.3, 0.4) is 0 Å². The summed E-state index contributed by atoms with van der Waals surface area (Å²) in [5.74, 6) is -0.698. The van der Waals surface area contributed by atoms with Gasteiger partial charge in [-0.1, -0.05) is 13.8 Å². The molecule has 0 aliphatic heterocycles. The van der Waals surface area contributed by atoms with Crippen LogP contribution in [0.1, 0.15) is 32.4 Å². The van der Waals surface area contributed by atoms with Gasteiger partial charge in [-0.05, 0) is 24.3 Å². The monoisotopic (exact) mass is 352 g/mol. The molecule has 2 aromatic heterocycles. The van der Waals surface area contributed by atoms with E-state index >= 15 is 0 Å². The third-order valence-corrected chi connectivity index (χ3v) is 4.98. The Labute approximate surface area is 143 Å². The van der Waals surface area contributed by atoms with E-state index in [1.54, 1.807) is 11.3 Å². The highest BCUT2D eigenvalue weighted by Gasteiger charge is 2.13. The van der Waals surface area contributed by atoms with Crippen LogP contribution in [0.4, 0.5) is 0 Å². The molecule has 7 heteroatoms. The first-order valence-electron chi connectivity index (χ1n) is 7.54. The molecule has 0 fully saturated rings. The predicted octanol–water partition coefficient (Wildman–Crippen LogP) is 3.26. The summed E-state index contributed by atoms with van der Waals surface area (Å²) in [6.45, 7) is 3.78. The summed E-state index contributed by atoms with van der Waals surface area (Å²) in [6, 6.07) is 2.13. The van der Waals surface area contributed by atoms with E-state index in [0.29, 0.717) is 5.69 Å². The number of amides is 1. The smallest absolute Gasteiger partial charge is 0.312 e. The Morgan fingerprint density at radius 3 is 2.74 bits per heavy atom. The van der Waals surface area contributed by atoms with Gasteiger partial charge in [0.15, 0.2) is 6.61 Å². The first-order valence-corrected chi connectivity index (χ1v) is 9.36. The van der Waals surface area contributed by atoms with E-state index < -0.39 is 5.97 Å². The minimum atomic E-state index is -0.438. The minimum absolute atomic E-state index is 0.0822. The van der Waals surface area contributed by atoms with Crippen LogP contribution in [0.25, 0.3) is 10.6 Å². The lowest BCUT2D eigenvalue weighted by atomic mass is 10.2. The number of rotatable bonds is 8. The number of nitrogens with one attached hydrogen (secondary N) is 1. The molecule has 2 aromatic rings. The molecular weight excluding hydrogens is 332 g/mol. The normalized spacial score (nSPS) is 10.7. The van der Waals surface area contributed by atoms with Gasteiger partial charge in [0.05, 0.1) is 12.1 Å². The van der Waals surface area contributed by atoms with E-state index in [-0.39, 0.29) is 25.0 Å². The molecule has 0 aliphatic carbocycles. The highest BCUT2D eigenvalue weighted by molar-refractivity contribution is 7.14. The van der Waals surface area contributed by atoms with E-state index in [2.05, 4.69) is 10.3 Å². The lowest BCUT2D eigenvalue weighted by molar-refractivity contribution is -0.148. The Balaban J connectivity index is 1.78. The van der Waals surface area contributed by atoms with E-state index in [0.717, 1.165) is 23.4 Å². The average molecular weight is 352 g/mol. The molecule has 0 bridgehead atoms. The second-order valence-electron chi connectivity index (χ2n) is 5.07. The highest BCUT2D eigenvalue weighted by atomic mass is 32.1. The van der Waals surface area contributed by atoms with Gasteiger partial charge in [0.2, 0.25) is 0 Å². The third kappa shape index (κ3) is 5.44. The van der Waals surface area contributed by atoms with Crippen LogP contribution in [-0.2, 0) is 20.7 Å². The first kappa shape index (κ1) is 17.6. The largest absolute Gasteiger partial charge is 0.455 e. The lowest BCUT2D eigenvalue weighted by Gasteiger charge is -2.14. The molecule has 124 valence electrons. The predicted molar refractivity (Wildman–Crippen MR) is 92.6 cm³/mol. The van der Waals surface area contributed by atoms with Gasteiger partial charge in [-0.25, -0.2) is 4.98 Å². The number of ether oxygens (including phenoxy) is 1. The summed E-state index contributed by atoms with van der Waals surface area (Å²) < 4.78 is 5.01. The Morgan fingerprint density at radius 1 is 1.30 bits per heavy atom. The van der Waals surface area contributed by atoms with Gasteiger partial charge in [-0.3, -0.25) is 9.59 Å². The number of thiophene rings is 1. The third-order valence-electron chi connectivity index (χ3n) is 3.36. The van der Waals surface area contributed by atoms with Gasteiger partial charge >= 0.3 is 5.97 Å². The summed E-state index contributed by atoms with van der Waals surface area (Å²) in [5.41, 5.74) is 1.73. The summed E-state index contributed by atoms with van der Waals surface area (Å²) >= 11 is 3.10. The van der Waals surface area contributed by atoms with Gasteiger partial charge in [0.25, 0.3) is 5.91 Å². The molecule has 0 saturated carbocycles. The van der Waals surface area contributed by atoms with Crippen molar-refractivity contribution in [3.05, 3.63) is 27.9 Å². The number of aromatic nitrogens is 1. The van der Waals surface area contributed by atoms with Crippen molar-refractivity contribution in [1.82, 2.24) is 10.3 Å². The number of esters is 1. The molecule has 0 aliphatic rings. The molecule has 0 spiro atoms. The summed E-state index contributed by atoms with van der Waals surface area (Å²) in [6.07, 6.45) is 1.81. The van der Waals surface area contributed by atoms with E-state index in [9.17, 15) is 9.59 Å². The zero-order valence-electron chi connectivity index (χ0n) is 13.2. The van der Waals surface area contributed by atoms with Gasteiger partial charge in [-0.2, -0.15) is 11.3 Å². The van der Waals surface area contributed by atoms with Crippen molar-refractivity contribution in [2.75, 3.05) is 6.61 Å². The van der Waals surface area contributed by atoms with Crippen LogP contribution in [0.15, 0.2) is 22.2 Å². The maximum Gasteiger partial charge on any atom is 0.312 e. The second-order valence-corrected chi connectivity index (χ2v) is 6.71. The molecule has 5 nitrogen and oxygen atoms in total. The van der Waals surface area contributed by atoms with Crippen LogP contribution < -0.4 is 5.32 Å². The van der Waals surface area contributed by atoms with Crippen molar-refractivity contribution < 1.29 is 14.3 Å².